The van der Waals surface area contributed by atoms with Crippen molar-refractivity contribution < 1.29 is 22.3 Å². The van der Waals surface area contributed by atoms with Crippen molar-refractivity contribution in [1.29, 1.82) is 0 Å². The van der Waals surface area contributed by atoms with E-state index in [9.17, 15) is 17.6 Å². The molecule has 0 saturated heterocycles. The van der Waals surface area contributed by atoms with Gasteiger partial charge in [-0.25, -0.2) is 12.8 Å². The average molecular weight is 568 g/mol. The van der Waals surface area contributed by atoms with Crippen molar-refractivity contribution in [3.05, 3.63) is 71.8 Å². The number of benzene rings is 1. The molecule has 0 bridgehead atoms. The molecule has 1 aliphatic rings. The normalized spacial score (nSPS) is 13.7. The smallest absolute Gasteiger partial charge is 0.211 e. The van der Waals surface area contributed by atoms with Gasteiger partial charge in [0.05, 0.1) is 27.0 Å². The molecule has 3 heterocycles. The molecule has 7 nitrogen and oxygen atoms in total. The Morgan fingerprint density at radius 2 is 1.90 bits per heavy atom. The van der Waals surface area contributed by atoms with E-state index in [1.165, 1.54) is 28.0 Å². The number of sulfonamides is 1. The highest BCUT2D eigenvalue weighted by Gasteiger charge is 2.24. The Hall–Kier alpha value is -3.21. The maximum Gasteiger partial charge on any atom is 0.211 e. The van der Waals surface area contributed by atoms with Crippen molar-refractivity contribution in [3.8, 4) is 22.1 Å². The van der Waals surface area contributed by atoms with E-state index in [2.05, 4.69) is 9.97 Å². The van der Waals surface area contributed by atoms with E-state index in [4.69, 9.17) is 4.74 Å². The van der Waals surface area contributed by atoms with Crippen molar-refractivity contribution >= 4 is 37.4 Å². The van der Waals surface area contributed by atoms with Gasteiger partial charge in [-0.2, -0.15) is 4.31 Å². The number of nitrogens with zero attached hydrogens (tertiary/aromatic N) is 3. The van der Waals surface area contributed by atoms with Gasteiger partial charge in [-0.05, 0) is 60.6 Å². The fourth-order valence-electron chi connectivity index (χ4n) is 4.40. The number of thiophene rings is 1. The minimum Gasteiger partial charge on any atom is -0.453 e. The first-order valence-corrected chi connectivity index (χ1v) is 15.6. The summed E-state index contributed by atoms with van der Waals surface area (Å²) in [5.74, 6) is 0.701. The lowest BCUT2D eigenvalue weighted by atomic mass is 10.0. The fraction of sp³-hybridized carbons (Fsp3) is 0.345. The van der Waals surface area contributed by atoms with Crippen molar-refractivity contribution in [1.82, 2.24) is 14.3 Å². The minimum absolute atomic E-state index is 0.0841. The van der Waals surface area contributed by atoms with Gasteiger partial charge in [0.15, 0.2) is 11.6 Å². The first-order chi connectivity index (χ1) is 18.7. The predicted octanol–water partition coefficient (Wildman–Crippen LogP) is 6.37. The SMILES string of the molecule is CCCN(Cc1ccc(-c2cc3nccc(Oc4ccc(CC(=O)CC5CC5)cc4F)c3s2)nc1)S(C)(=O)=O. The lowest BCUT2D eigenvalue weighted by Crippen LogP contribution is -2.30. The Morgan fingerprint density at radius 3 is 2.56 bits per heavy atom. The summed E-state index contributed by atoms with van der Waals surface area (Å²) in [7, 11) is -3.31. The second-order valence-corrected chi connectivity index (χ2v) is 13.0. The molecule has 3 aromatic heterocycles. The minimum atomic E-state index is -3.31. The third-order valence-corrected chi connectivity index (χ3v) is 9.00. The standard InChI is InChI=1S/C29H30FN3O4S2/c1-3-12-33(39(2,35)36)18-21-6-8-24(32-17-21)28-16-25-29(38-28)27(10-11-31-25)37-26-9-7-20(15-23(26)30)14-22(34)13-19-4-5-19/h6-11,15-17,19H,3-5,12-14,18H2,1-2H3. The van der Waals surface area contributed by atoms with E-state index in [-0.39, 0.29) is 24.5 Å². The van der Waals surface area contributed by atoms with Crippen LogP contribution in [0.15, 0.2) is 54.9 Å². The fourth-order valence-corrected chi connectivity index (χ4v) is 6.34. The maximum absolute atomic E-state index is 14.9. The molecule has 1 aliphatic carbocycles. The molecule has 4 aromatic rings. The zero-order valence-corrected chi connectivity index (χ0v) is 23.5. The van der Waals surface area contributed by atoms with Gasteiger partial charge in [0.25, 0.3) is 0 Å². The van der Waals surface area contributed by atoms with Crippen LogP contribution < -0.4 is 4.74 Å². The molecule has 0 atom stereocenters. The van der Waals surface area contributed by atoms with Crippen molar-refractivity contribution in [2.24, 2.45) is 5.92 Å². The summed E-state index contributed by atoms with van der Waals surface area (Å²) in [6.45, 7) is 2.66. The second kappa shape index (κ2) is 11.5. The Labute approximate surface area is 231 Å². The number of carbonyl (C=O) groups excluding carboxylic acids is 1. The molecule has 1 fully saturated rings. The van der Waals surface area contributed by atoms with E-state index in [1.54, 1.807) is 30.6 Å². The van der Waals surface area contributed by atoms with Crippen LogP contribution in [0, 0.1) is 11.7 Å². The van der Waals surface area contributed by atoms with E-state index in [0.717, 1.165) is 40.1 Å². The number of Topliss-reactive ketones (excluding diaryl/α,β-unsaturated/α-hetero) is 1. The van der Waals surface area contributed by atoms with Crippen LogP contribution in [-0.4, -0.2) is 41.3 Å². The van der Waals surface area contributed by atoms with Gasteiger partial charge < -0.3 is 4.74 Å². The summed E-state index contributed by atoms with van der Waals surface area (Å²) in [6.07, 6.45) is 8.27. The third-order valence-electron chi connectivity index (χ3n) is 6.58. The highest BCUT2D eigenvalue weighted by atomic mass is 32.2. The molecule has 0 amide bonds. The molecule has 0 spiro atoms. The van der Waals surface area contributed by atoms with Gasteiger partial charge >= 0.3 is 0 Å². The topological polar surface area (TPSA) is 89.5 Å². The Kier molecular flexibility index (Phi) is 8.06. The second-order valence-electron chi connectivity index (χ2n) is 10.0. The molecular formula is C29H30FN3O4S2. The number of aromatic nitrogens is 2. The third kappa shape index (κ3) is 6.87. The van der Waals surface area contributed by atoms with Gasteiger partial charge in [-0.1, -0.05) is 19.1 Å². The summed E-state index contributed by atoms with van der Waals surface area (Å²) >= 11 is 1.43. The number of fused-ring (bicyclic) bond motifs is 1. The highest BCUT2D eigenvalue weighted by Crippen LogP contribution is 2.39. The zero-order chi connectivity index (χ0) is 27.6. The molecular weight excluding hydrogens is 537 g/mol. The van der Waals surface area contributed by atoms with Crippen molar-refractivity contribution in [3.63, 3.8) is 0 Å². The first-order valence-electron chi connectivity index (χ1n) is 13.0. The highest BCUT2D eigenvalue weighted by molar-refractivity contribution is 7.88. The van der Waals surface area contributed by atoms with E-state index in [0.29, 0.717) is 35.7 Å². The van der Waals surface area contributed by atoms with Crippen LogP contribution in [0.5, 0.6) is 11.5 Å². The molecule has 0 N–H and O–H groups in total. The number of ether oxygens (including phenoxy) is 1. The van der Waals surface area contributed by atoms with Gasteiger partial charge in [-0.15, -0.1) is 11.3 Å². The summed E-state index contributed by atoms with van der Waals surface area (Å²) in [4.78, 5) is 22.0. The number of hydrogen-bond acceptors (Lipinski definition) is 7. The molecule has 0 radical (unpaired) electrons. The van der Waals surface area contributed by atoms with Crippen LogP contribution in [0.3, 0.4) is 0 Å². The molecule has 1 saturated carbocycles. The molecule has 0 unspecified atom stereocenters. The Bertz CT molecular complexity index is 1600. The summed E-state index contributed by atoms with van der Waals surface area (Å²) < 4.78 is 47.1. The number of hydrogen-bond donors (Lipinski definition) is 0. The van der Waals surface area contributed by atoms with Crippen LogP contribution >= 0.6 is 11.3 Å². The predicted molar refractivity (Wildman–Crippen MR) is 151 cm³/mol. The molecule has 10 heteroatoms. The number of carbonyl (C=O) groups is 1. The van der Waals surface area contributed by atoms with Crippen LogP contribution in [0.25, 0.3) is 20.8 Å². The van der Waals surface area contributed by atoms with E-state index >= 15 is 0 Å². The number of ketones is 1. The summed E-state index contributed by atoms with van der Waals surface area (Å²) in [5, 5.41) is 0. The average Bonchev–Trinajstić information content (AvgIpc) is 3.59. The van der Waals surface area contributed by atoms with Gasteiger partial charge in [0.1, 0.15) is 11.5 Å². The Morgan fingerprint density at radius 1 is 1.10 bits per heavy atom. The monoisotopic (exact) mass is 567 g/mol. The number of pyridine rings is 2. The molecule has 1 aromatic carbocycles. The molecule has 204 valence electrons. The van der Waals surface area contributed by atoms with Crippen LogP contribution in [0.4, 0.5) is 4.39 Å². The lowest BCUT2D eigenvalue weighted by molar-refractivity contribution is -0.118. The van der Waals surface area contributed by atoms with Crippen molar-refractivity contribution in [2.45, 2.75) is 45.6 Å². The van der Waals surface area contributed by atoms with Crippen LogP contribution in [0.1, 0.15) is 43.7 Å². The van der Waals surface area contributed by atoms with Gasteiger partial charge in [-0.3, -0.25) is 14.8 Å². The maximum atomic E-state index is 14.9. The largest absolute Gasteiger partial charge is 0.453 e. The molecule has 0 aliphatic heterocycles. The van der Waals surface area contributed by atoms with Gasteiger partial charge in [0.2, 0.25) is 10.0 Å². The number of rotatable bonds is 12. The molecule has 39 heavy (non-hydrogen) atoms. The van der Waals surface area contributed by atoms with Crippen molar-refractivity contribution in [2.75, 3.05) is 12.8 Å². The lowest BCUT2D eigenvalue weighted by Gasteiger charge is -2.19. The quantitative estimate of drug-likeness (QED) is 0.198. The van der Waals surface area contributed by atoms with Crippen LogP contribution in [0.2, 0.25) is 0 Å². The van der Waals surface area contributed by atoms with Crippen LogP contribution in [-0.2, 0) is 27.8 Å². The zero-order valence-electron chi connectivity index (χ0n) is 21.9. The Balaban J connectivity index is 1.32. The molecule has 5 rings (SSSR count). The van der Waals surface area contributed by atoms with E-state index in [1.807, 2.05) is 25.1 Å². The number of halogens is 1. The summed E-state index contributed by atoms with van der Waals surface area (Å²) in [5.41, 5.74) is 2.87. The first kappa shape index (κ1) is 27.4. The van der Waals surface area contributed by atoms with E-state index < -0.39 is 15.8 Å². The van der Waals surface area contributed by atoms with Gasteiger partial charge in [0, 0.05) is 44.4 Å². The summed E-state index contributed by atoms with van der Waals surface area (Å²) in [6, 6.07) is 12.0.